The van der Waals surface area contributed by atoms with Crippen LogP contribution in [-0.4, -0.2) is 63.0 Å². The van der Waals surface area contributed by atoms with Gasteiger partial charge in [-0.2, -0.15) is 0 Å². The third-order valence-corrected chi connectivity index (χ3v) is 2.01. The highest BCUT2D eigenvalue weighted by molar-refractivity contribution is 6.28. The van der Waals surface area contributed by atoms with Gasteiger partial charge in [0.1, 0.15) is 18.1 Å². The maximum absolute atomic E-state index is 11.0. The number of imide groups is 1. The van der Waals surface area contributed by atoms with E-state index in [9.17, 15) is 19.8 Å². The van der Waals surface area contributed by atoms with Crippen molar-refractivity contribution in [3.8, 4) is 0 Å². The Morgan fingerprint density at radius 3 is 2.12 bits per heavy atom. The Morgan fingerprint density at radius 2 is 1.69 bits per heavy atom. The fourth-order valence-corrected chi connectivity index (χ4v) is 0.982. The van der Waals surface area contributed by atoms with Crippen molar-refractivity contribution in [2.24, 2.45) is 0 Å². The zero-order valence-electron chi connectivity index (χ0n) is 8.34. The smallest absolute Gasteiger partial charge is 0.241 e. The van der Waals surface area contributed by atoms with Crippen LogP contribution >= 0.6 is 11.6 Å². The van der Waals surface area contributed by atoms with Gasteiger partial charge in [-0.3, -0.25) is 14.9 Å². The monoisotopic (exact) mass is 255 g/mol. The molecule has 8 heteroatoms. The first-order valence-corrected chi connectivity index (χ1v) is 4.99. The van der Waals surface area contributed by atoms with Crippen molar-refractivity contribution in [1.82, 2.24) is 5.32 Å². The summed E-state index contributed by atoms with van der Waals surface area (Å²) >= 11 is 5.12. The van der Waals surface area contributed by atoms with Crippen LogP contribution in [0.1, 0.15) is 6.42 Å². The standard InChI is InChI=1S/C8H14ClNO6/c9-2-7(15)10-6(14)1-4(12)8(16)5(13)3-11/h4-5,8,11-13,16H,1-3H2,(H,10,14,15). The van der Waals surface area contributed by atoms with E-state index in [0.717, 1.165) is 0 Å². The molecule has 0 heterocycles. The molecule has 0 aliphatic carbocycles. The molecule has 0 aromatic rings. The molecule has 0 aliphatic rings. The molecule has 0 aromatic carbocycles. The maximum Gasteiger partial charge on any atom is 0.241 e. The van der Waals surface area contributed by atoms with Gasteiger partial charge in [0.15, 0.2) is 0 Å². The summed E-state index contributed by atoms with van der Waals surface area (Å²) in [5.41, 5.74) is 0. The van der Waals surface area contributed by atoms with Gasteiger partial charge in [-0.15, -0.1) is 11.6 Å². The van der Waals surface area contributed by atoms with Gasteiger partial charge in [-0.25, -0.2) is 0 Å². The van der Waals surface area contributed by atoms with Gasteiger partial charge in [0.25, 0.3) is 0 Å². The minimum atomic E-state index is -1.66. The molecular weight excluding hydrogens is 242 g/mol. The van der Waals surface area contributed by atoms with Crippen LogP contribution in [0.4, 0.5) is 0 Å². The van der Waals surface area contributed by atoms with Crippen LogP contribution in [-0.2, 0) is 9.59 Å². The summed E-state index contributed by atoms with van der Waals surface area (Å²) in [6.07, 6.45) is -5.38. The summed E-state index contributed by atoms with van der Waals surface area (Å²) in [5, 5.41) is 37.7. The number of alkyl halides is 1. The van der Waals surface area contributed by atoms with E-state index < -0.39 is 49.0 Å². The van der Waals surface area contributed by atoms with E-state index >= 15 is 0 Å². The van der Waals surface area contributed by atoms with Crippen molar-refractivity contribution in [2.75, 3.05) is 12.5 Å². The summed E-state index contributed by atoms with van der Waals surface area (Å²) in [4.78, 5) is 21.7. The molecule has 3 atom stereocenters. The van der Waals surface area contributed by atoms with Crippen LogP contribution in [0.3, 0.4) is 0 Å². The second-order valence-corrected chi connectivity index (χ2v) is 3.38. The molecule has 5 N–H and O–H groups in total. The summed E-state index contributed by atoms with van der Waals surface area (Å²) < 4.78 is 0. The summed E-state index contributed by atoms with van der Waals surface area (Å²) in [6.45, 7) is -0.750. The minimum absolute atomic E-state index is 0.399. The third-order valence-electron chi connectivity index (χ3n) is 1.77. The van der Waals surface area contributed by atoms with Crippen molar-refractivity contribution in [3.05, 3.63) is 0 Å². The van der Waals surface area contributed by atoms with E-state index in [2.05, 4.69) is 0 Å². The van der Waals surface area contributed by atoms with Crippen molar-refractivity contribution in [3.63, 3.8) is 0 Å². The Balaban J connectivity index is 4.08. The topological polar surface area (TPSA) is 127 Å². The molecule has 0 bridgehead atoms. The second-order valence-electron chi connectivity index (χ2n) is 3.12. The lowest BCUT2D eigenvalue weighted by Gasteiger charge is -2.20. The fourth-order valence-electron chi connectivity index (χ4n) is 0.915. The number of carbonyl (C=O) groups excluding carboxylic acids is 2. The molecule has 2 amide bonds. The van der Waals surface area contributed by atoms with Gasteiger partial charge in [0.05, 0.1) is 19.1 Å². The number of aliphatic hydroxyl groups excluding tert-OH is 4. The van der Waals surface area contributed by atoms with Gasteiger partial charge < -0.3 is 20.4 Å². The van der Waals surface area contributed by atoms with Gasteiger partial charge in [-0.1, -0.05) is 0 Å². The van der Waals surface area contributed by atoms with Gasteiger partial charge in [0.2, 0.25) is 11.8 Å². The Bertz CT molecular complexity index is 249. The number of rotatable bonds is 6. The Labute approximate surface area is 96.6 Å². The predicted octanol–water partition coefficient (Wildman–Crippen LogP) is -2.67. The highest BCUT2D eigenvalue weighted by Crippen LogP contribution is 2.03. The average Bonchev–Trinajstić information content (AvgIpc) is 2.26. The maximum atomic E-state index is 11.0. The minimum Gasteiger partial charge on any atom is -0.394 e. The fraction of sp³-hybridized carbons (Fsp3) is 0.750. The number of amides is 2. The van der Waals surface area contributed by atoms with Gasteiger partial charge in [0, 0.05) is 0 Å². The molecule has 3 unspecified atom stereocenters. The van der Waals surface area contributed by atoms with E-state index in [1.807, 2.05) is 5.32 Å². The van der Waals surface area contributed by atoms with Gasteiger partial charge >= 0.3 is 0 Å². The van der Waals surface area contributed by atoms with Crippen LogP contribution in [0.2, 0.25) is 0 Å². The molecule has 94 valence electrons. The van der Waals surface area contributed by atoms with Crippen molar-refractivity contribution < 1.29 is 30.0 Å². The highest BCUT2D eigenvalue weighted by atomic mass is 35.5. The number of hydrogen-bond donors (Lipinski definition) is 5. The van der Waals surface area contributed by atoms with E-state index in [1.54, 1.807) is 0 Å². The lowest BCUT2D eigenvalue weighted by Crippen LogP contribution is -2.43. The molecule has 0 aliphatic heterocycles. The number of nitrogens with one attached hydrogen (secondary N) is 1. The van der Waals surface area contributed by atoms with E-state index in [4.69, 9.17) is 21.8 Å². The SMILES string of the molecule is O=C(CCl)NC(=O)CC(O)C(O)C(O)CO. The predicted molar refractivity (Wildman–Crippen MR) is 53.6 cm³/mol. The van der Waals surface area contributed by atoms with E-state index in [0.29, 0.717) is 0 Å². The summed E-state index contributed by atoms with van der Waals surface area (Å²) in [5.74, 6) is -1.96. The van der Waals surface area contributed by atoms with Crippen LogP contribution in [0.25, 0.3) is 0 Å². The molecule has 0 aromatic heterocycles. The molecular formula is C8H14ClNO6. The number of carbonyl (C=O) groups is 2. The Hall–Kier alpha value is -0.730. The molecule has 0 saturated carbocycles. The number of halogens is 1. The number of hydrogen-bond acceptors (Lipinski definition) is 6. The molecule has 0 fully saturated rings. The first-order valence-electron chi connectivity index (χ1n) is 4.46. The largest absolute Gasteiger partial charge is 0.394 e. The Morgan fingerprint density at radius 1 is 1.12 bits per heavy atom. The van der Waals surface area contributed by atoms with Crippen molar-refractivity contribution in [2.45, 2.75) is 24.7 Å². The van der Waals surface area contributed by atoms with Gasteiger partial charge in [-0.05, 0) is 0 Å². The lowest BCUT2D eigenvalue weighted by molar-refractivity contribution is -0.133. The number of aliphatic hydroxyl groups is 4. The summed E-state index contributed by atoms with van der Waals surface area (Å²) in [7, 11) is 0. The Kier molecular flexibility index (Phi) is 7.18. The molecule has 0 rings (SSSR count). The zero-order chi connectivity index (χ0) is 12.7. The van der Waals surface area contributed by atoms with Crippen LogP contribution < -0.4 is 5.32 Å². The quantitative estimate of drug-likeness (QED) is 0.330. The molecule has 7 nitrogen and oxygen atoms in total. The molecule has 0 saturated heterocycles. The first-order chi connectivity index (χ1) is 7.42. The normalized spacial score (nSPS) is 16.3. The van der Waals surface area contributed by atoms with E-state index in [1.165, 1.54) is 0 Å². The first kappa shape index (κ1) is 15.3. The molecule has 16 heavy (non-hydrogen) atoms. The average molecular weight is 256 g/mol. The van der Waals surface area contributed by atoms with Crippen LogP contribution in [0, 0.1) is 0 Å². The van der Waals surface area contributed by atoms with Crippen LogP contribution in [0.5, 0.6) is 0 Å². The van der Waals surface area contributed by atoms with Crippen LogP contribution in [0.15, 0.2) is 0 Å². The third kappa shape index (κ3) is 5.38. The van der Waals surface area contributed by atoms with E-state index in [-0.39, 0.29) is 0 Å². The van der Waals surface area contributed by atoms with Crippen molar-refractivity contribution >= 4 is 23.4 Å². The lowest BCUT2D eigenvalue weighted by atomic mass is 10.1. The highest BCUT2D eigenvalue weighted by Gasteiger charge is 2.26. The zero-order valence-corrected chi connectivity index (χ0v) is 9.09. The second kappa shape index (κ2) is 7.53. The van der Waals surface area contributed by atoms with Crippen molar-refractivity contribution in [1.29, 1.82) is 0 Å². The molecule has 0 radical (unpaired) electrons. The summed E-state index contributed by atoms with van der Waals surface area (Å²) in [6, 6.07) is 0. The molecule has 0 spiro atoms.